The maximum absolute atomic E-state index is 13.0. The van der Waals surface area contributed by atoms with Crippen LogP contribution >= 0.6 is 11.6 Å². The van der Waals surface area contributed by atoms with Gasteiger partial charge < -0.3 is 15.4 Å². The Balaban J connectivity index is 1.85. The first-order valence-corrected chi connectivity index (χ1v) is 7.54. The molecule has 0 radical (unpaired) electrons. The molecule has 1 amide bonds. The Kier molecular flexibility index (Phi) is 6.14. The van der Waals surface area contributed by atoms with Gasteiger partial charge in [-0.2, -0.15) is 0 Å². The molecule has 0 unspecified atom stereocenters. The van der Waals surface area contributed by atoms with Gasteiger partial charge in [0.1, 0.15) is 5.82 Å². The second-order valence-corrected chi connectivity index (χ2v) is 5.33. The van der Waals surface area contributed by atoms with Gasteiger partial charge in [0.2, 0.25) is 5.91 Å². The van der Waals surface area contributed by atoms with E-state index in [1.165, 1.54) is 25.3 Å². The number of halogens is 2. The van der Waals surface area contributed by atoms with Gasteiger partial charge >= 0.3 is 5.97 Å². The average Bonchev–Trinajstić information content (AvgIpc) is 2.57. The van der Waals surface area contributed by atoms with E-state index in [0.29, 0.717) is 23.5 Å². The van der Waals surface area contributed by atoms with Gasteiger partial charge in [-0.05, 0) is 36.4 Å². The van der Waals surface area contributed by atoms with E-state index in [-0.39, 0.29) is 17.4 Å². The SMILES string of the molecule is COC(=O)c1cccc(NC(=O)CCNc2ccc(F)c(Cl)c2)c1. The number of carbonyl (C=O) groups excluding carboxylic acids is 2. The van der Waals surface area contributed by atoms with Crippen molar-refractivity contribution in [1.29, 1.82) is 0 Å². The fourth-order valence-electron chi connectivity index (χ4n) is 1.99. The molecular formula is C17H16ClFN2O3. The standard InChI is InChI=1S/C17H16ClFN2O3/c1-24-17(23)11-3-2-4-13(9-11)21-16(22)7-8-20-12-5-6-15(19)14(18)10-12/h2-6,9-10,20H,7-8H2,1H3,(H,21,22). The number of rotatable bonds is 6. The van der Waals surface area contributed by atoms with Crippen LogP contribution in [0, 0.1) is 5.82 Å². The number of hydrogen-bond donors (Lipinski definition) is 2. The van der Waals surface area contributed by atoms with Gasteiger partial charge in [-0.1, -0.05) is 17.7 Å². The third kappa shape index (κ3) is 4.96. The maximum Gasteiger partial charge on any atom is 0.337 e. The Labute approximate surface area is 143 Å². The zero-order valence-corrected chi connectivity index (χ0v) is 13.7. The summed E-state index contributed by atoms with van der Waals surface area (Å²) >= 11 is 5.68. The maximum atomic E-state index is 13.0. The Hall–Kier alpha value is -2.60. The summed E-state index contributed by atoms with van der Waals surface area (Å²) in [6.07, 6.45) is 0.192. The van der Waals surface area contributed by atoms with E-state index < -0.39 is 11.8 Å². The molecule has 0 fully saturated rings. The monoisotopic (exact) mass is 350 g/mol. The number of ether oxygens (including phenoxy) is 1. The third-order valence-electron chi connectivity index (χ3n) is 3.17. The minimum absolute atomic E-state index is 0.0177. The quantitative estimate of drug-likeness (QED) is 0.779. The molecule has 24 heavy (non-hydrogen) atoms. The van der Waals surface area contributed by atoms with Gasteiger partial charge in [0, 0.05) is 24.3 Å². The molecule has 2 aromatic rings. The van der Waals surface area contributed by atoms with E-state index in [2.05, 4.69) is 15.4 Å². The molecule has 0 atom stereocenters. The smallest absolute Gasteiger partial charge is 0.337 e. The largest absolute Gasteiger partial charge is 0.465 e. The lowest BCUT2D eigenvalue weighted by Gasteiger charge is -2.09. The molecule has 0 heterocycles. The first-order valence-electron chi connectivity index (χ1n) is 7.17. The highest BCUT2D eigenvalue weighted by atomic mass is 35.5. The summed E-state index contributed by atoms with van der Waals surface area (Å²) in [5.74, 6) is -1.19. The zero-order chi connectivity index (χ0) is 17.5. The van der Waals surface area contributed by atoms with Crippen molar-refractivity contribution in [2.45, 2.75) is 6.42 Å². The normalized spacial score (nSPS) is 10.1. The molecule has 5 nitrogen and oxygen atoms in total. The summed E-state index contributed by atoms with van der Waals surface area (Å²) in [4.78, 5) is 23.4. The van der Waals surface area contributed by atoms with Crippen LogP contribution in [0.4, 0.5) is 15.8 Å². The summed E-state index contributed by atoms with van der Waals surface area (Å²) in [5, 5.41) is 5.69. The van der Waals surface area contributed by atoms with Crippen LogP contribution in [0.1, 0.15) is 16.8 Å². The predicted molar refractivity (Wildman–Crippen MR) is 90.9 cm³/mol. The van der Waals surface area contributed by atoms with Crippen LogP contribution in [-0.2, 0) is 9.53 Å². The Morgan fingerprint density at radius 2 is 1.96 bits per heavy atom. The number of esters is 1. The second kappa shape index (κ2) is 8.31. The van der Waals surface area contributed by atoms with Crippen molar-refractivity contribution in [2.24, 2.45) is 0 Å². The van der Waals surface area contributed by atoms with Crippen LogP contribution in [0.15, 0.2) is 42.5 Å². The lowest BCUT2D eigenvalue weighted by Crippen LogP contribution is -2.16. The van der Waals surface area contributed by atoms with Crippen LogP contribution in [-0.4, -0.2) is 25.5 Å². The van der Waals surface area contributed by atoms with E-state index in [1.807, 2.05) is 0 Å². The number of anilines is 2. The van der Waals surface area contributed by atoms with Crippen molar-refractivity contribution in [2.75, 3.05) is 24.3 Å². The number of methoxy groups -OCH3 is 1. The zero-order valence-electron chi connectivity index (χ0n) is 12.9. The third-order valence-corrected chi connectivity index (χ3v) is 3.46. The topological polar surface area (TPSA) is 67.4 Å². The highest BCUT2D eigenvalue weighted by molar-refractivity contribution is 6.31. The van der Waals surface area contributed by atoms with Crippen LogP contribution in [0.25, 0.3) is 0 Å². The Morgan fingerprint density at radius 3 is 2.67 bits per heavy atom. The molecule has 0 saturated heterocycles. The number of benzene rings is 2. The molecule has 7 heteroatoms. The number of hydrogen-bond acceptors (Lipinski definition) is 4. The van der Waals surface area contributed by atoms with Gasteiger partial charge in [-0.25, -0.2) is 9.18 Å². The summed E-state index contributed by atoms with van der Waals surface area (Å²) in [7, 11) is 1.29. The fraction of sp³-hybridized carbons (Fsp3) is 0.176. The van der Waals surface area contributed by atoms with Crippen molar-refractivity contribution >= 4 is 34.9 Å². The average molecular weight is 351 g/mol. The summed E-state index contributed by atoms with van der Waals surface area (Å²) in [5.41, 5.74) is 1.49. The second-order valence-electron chi connectivity index (χ2n) is 4.93. The first-order chi connectivity index (χ1) is 11.5. The summed E-state index contributed by atoms with van der Waals surface area (Å²) < 4.78 is 17.7. The summed E-state index contributed by atoms with van der Waals surface area (Å²) in [6.45, 7) is 0.352. The number of nitrogens with one attached hydrogen (secondary N) is 2. The molecule has 2 aromatic carbocycles. The molecule has 126 valence electrons. The van der Waals surface area contributed by atoms with Crippen molar-refractivity contribution in [3.63, 3.8) is 0 Å². The molecule has 2 rings (SSSR count). The number of amides is 1. The lowest BCUT2D eigenvalue weighted by molar-refractivity contribution is -0.115. The van der Waals surface area contributed by atoms with Gasteiger partial charge in [-0.3, -0.25) is 4.79 Å². The Morgan fingerprint density at radius 1 is 1.17 bits per heavy atom. The van der Waals surface area contributed by atoms with Gasteiger partial charge in [0.25, 0.3) is 0 Å². The van der Waals surface area contributed by atoms with Crippen LogP contribution in [0.2, 0.25) is 5.02 Å². The minimum Gasteiger partial charge on any atom is -0.465 e. The van der Waals surface area contributed by atoms with Crippen LogP contribution in [0.5, 0.6) is 0 Å². The van der Waals surface area contributed by atoms with Crippen molar-refractivity contribution < 1.29 is 18.7 Å². The van der Waals surface area contributed by atoms with E-state index in [0.717, 1.165) is 0 Å². The van der Waals surface area contributed by atoms with Crippen molar-refractivity contribution in [3.05, 3.63) is 58.9 Å². The molecule has 0 aliphatic carbocycles. The lowest BCUT2D eigenvalue weighted by atomic mass is 10.2. The predicted octanol–water partition coefficient (Wildman–Crippen LogP) is 3.71. The van der Waals surface area contributed by atoms with Gasteiger partial charge in [0.05, 0.1) is 17.7 Å². The first kappa shape index (κ1) is 17.7. The van der Waals surface area contributed by atoms with E-state index in [4.69, 9.17) is 11.6 Å². The minimum atomic E-state index is -0.495. The molecule has 0 aromatic heterocycles. The van der Waals surface area contributed by atoms with Gasteiger partial charge in [-0.15, -0.1) is 0 Å². The van der Waals surface area contributed by atoms with E-state index >= 15 is 0 Å². The van der Waals surface area contributed by atoms with Crippen molar-refractivity contribution in [3.8, 4) is 0 Å². The number of carbonyl (C=O) groups is 2. The molecule has 0 saturated carbocycles. The fourth-order valence-corrected chi connectivity index (χ4v) is 2.17. The molecular weight excluding hydrogens is 335 g/mol. The Bertz CT molecular complexity index is 752. The highest BCUT2D eigenvalue weighted by Gasteiger charge is 2.08. The summed E-state index contributed by atoms with van der Waals surface area (Å²) in [6, 6.07) is 10.7. The van der Waals surface area contributed by atoms with Crippen LogP contribution in [0.3, 0.4) is 0 Å². The molecule has 0 bridgehead atoms. The van der Waals surface area contributed by atoms with E-state index in [9.17, 15) is 14.0 Å². The van der Waals surface area contributed by atoms with Gasteiger partial charge in [0.15, 0.2) is 0 Å². The van der Waals surface area contributed by atoms with E-state index in [1.54, 1.807) is 24.3 Å². The molecule has 0 spiro atoms. The highest BCUT2D eigenvalue weighted by Crippen LogP contribution is 2.19. The molecule has 2 N–H and O–H groups in total. The molecule has 0 aliphatic rings. The van der Waals surface area contributed by atoms with Crippen molar-refractivity contribution in [1.82, 2.24) is 0 Å². The van der Waals surface area contributed by atoms with Crippen LogP contribution < -0.4 is 10.6 Å². The molecule has 0 aliphatic heterocycles.